The molecule has 1 fully saturated rings. The fraction of sp³-hybridized carbons (Fsp3) is 0.350. The SMILES string of the molecule is Cc1ccc(S(=O)(=O)Nc2ccc(C(=O)NC3CCCN(S(C)(=O)=O)C3)cc2)cc1[N+](=O)[O-]. The molecule has 1 aliphatic heterocycles. The molecule has 0 saturated carbocycles. The van der Waals surface area contributed by atoms with Crippen molar-refractivity contribution >= 4 is 37.3 Å². The van der Waals surface area contributed by atoms with Crippen LogP contribution in [0.1, 0.15) is 28.8 Å². The van der Waals surface area contributed by atoms with Crippen molar-refractivity contribution in [2.75, 3.05) is 24.1 Å². The Balaban J connectivity index is 1.68. The molecule has 0 radical (unpaired) electrons. The van der Waals surface area contributed by atoms with E-state index in [1.165, 1.54) is 47.6 Å². The maximum Gasteiger partial charge on any atom is 0.273 e. The lowest BCUT2D eigenvalue weighted by atomic mass is 10.1. The summed E-state index contributed by atoms with van der Waals surface area (Å²) in [6.45, 7) is 2.13. The van der Waals surface area contributed by atoms with Gasteiger partial charge in [0.15, 0.2) is 0 Å². The summed E-state index contributed by atoms with van der Waals surface area (Å²) < 4.78 is 52.4. The summed E-state index contributed by atoms with van der Waals surface area (Å²) in [4.78, 5) is 22.7. The molecule has 3 rings (SSSR count). The number of nitro groups is 1. The van der Waals surface area contributed by atoms with Crippen LogP contribution in [0.25, 0.3) is 0 Å². The van der Waals surface area contributed by atoms with E-state index < -0.39 is 30.9 Å². The molecule has 1 amide bonds. The monoisotopic (exact) mass is 496 g/mol. The first-order chi connectivity index (χ1) is 15.4. The molecule has 33 heavy (non-hydrogen) atoms. The van der Waals surface area contributed by atoms with Gasteiger partial charge < -0.3 is 5.32 Å². The molecule has 178 valence electrons. The molecule has 1 saturated heterocycles. The molecular formula is C20H24N4O7S2. The number of rotatable bonds is 7. The van der Waals surface area contributed by atoms with E-state index in [1.807, 2.05) is 0 Å². The highest BCUT2D eigenvalue weighted by molar-refractivity contribution is 7.92. The van der Waals surface area contributed by atoms with Gasteiger partial charge in [-0.25, -0.2) is 21.1 Å². The van der Waals surface area contributed by atoms with E-state index in [1.54, 1.807) is 0 Å². The van der Waals surface area contributed by atoms with Crippen molar-refractivity contribution in [2.24, 2.45) is 0 Å². The molecule has 0 aliphatic carbocycles. The fourth-order valence-corrected chi connectivity index (χ4v) is 5.48. The van der Waals surface area contributed by atoms with Gasteiger partial charge in [-0.15, -0.1) is 0 Å². The van der Waals surface area contributed by atoms with E-state index in [0.717, 1.165) is 12.3 Å². The van der Waals surface area contributed by atoms with E-state index in [-0.39, 0.29) is 34.4 Å². The highest BCUT2D eigenvalue weighted by atomic mass is 32.2. The number of hydrogen-bond acceptors (Lipinski definition) is 7. The molecule has 1 atom stereocenters. The van der Waals surface area contributed by atoms with Gasteiger partial charge in [-0.1, -0.05) is 6.07 Å². The minimum absolute atomic E-state index is 0.177. The first-order valence-electron chi connectivity index (χ1n) is 10.0. The van der Waals surface area contributed by atoms with E-state index in [9.17, 15) is 31.7 Å². The Morgan fingerprint density at radius 2 is 1.79 bits per heavy atom. The number of sulfonamides is 2. The maximum atomic E-state index is 12.6. The van der Waals surface area contributed by atoms with Crippen molar-refractivity contribution in [3.05, 3.63) is 63.7 Å². The van der Waals surface area contributed by atoms with Gasteiger partial charge >= 0.3 is 0 Å². The van der Waals surface area contributed by atoms with Crippen LogP contribution in [0.15, 0.2) is 47.4 Å². The largest absolute Gasteiger partial charge is 0.348 e. The number of anilines is 1. The predicted octanol–water partition coefficient (Wildman–Crippen LogP) is 1.86. The molecule has 1 unspecified atom stereocenters. The molecule has 1 heterocycles. The molecule has 2 aromatic rings. The summed E-state index contributed by atoms with van der Waals surface area (Å²) in [6.07, 6.45) is 2.42. The van der Waals surface area contributed by atoms with Crippen LogP contribution in [0.4, 0.5) is 11.4 Å². The highest BCUT2D eigenvalue weighted by Crippen LogP contribution is 2.24. The number of nitro benzene ring substituents is 1. The average Bonchev–Trinajstić information content (AvgIpc) is 2.73. The van der Waals surface area contributed by atoms with Crippen molar-refractivity contribution in [2.45, 2.75) is 30.7 Å². The molecule has 2 N–H and O–H groups in total. The van der Waals surface area contributed by atoms with E-state index in [2.05, 4.69) is 10.0 Å². The Morgan fingerprint density at radius 1 is 1.12 bits per heavy atom. The zero-order valence-corrected chi connectivity index (χ0v) is 19.6. The van der Waals surface area contributed by atoms with Crippen molar-refractivity contribution < 1.29 is 26.6 Å². The van der Waals surface area contributed by atoms with Crippen LogP contribution in [0.5, 0.6) is 0 Å². The highest BCUT2D eigenvalue weighted by Gasteiger charge is 2.27. The van der Waals surface area contributed by atoms with Gasteiger partial charge in [0.25, 0.3) is 21.6 Å². The first kappa shape index (κ1) is 24.6. The minimum atomic E-state index is -4.08. The second-order valence-corrected chi connectivity index (χ2v) is 11.5. The summed E-state index contributed by atoms with van der Waals surface area (Å²) >= 11 is 0. The van der Waals surface area contributed by atoms with Crippen LogP contribution in [0, 0.1) is 17.0 Å². The topological polar surface area (TPSA) is 156 Å². The Hall–Kier alpha value is -3.03. The number of nitrogens with zero attached hydrogens (tertiary/aromatic N) is 2. The third-order valence-corrected chi connectivity index (χ3v) is 7.92. The third kappa shape index (κ3) is 6.06. The predicted molar refractivity (Wildman–Crippen MR) is 122 cm³/mol. The number of nitrogens with one attached hydrogen (secondary N) is 2. The third-order valence-electron chi connectivity index (χ3n) is 5.28. The maximum absolute atomic E-state index is 12.6. The van der Waals surface area contributed by atoms with Crippen LogP contribution < -0.4 is 10.0 Å². The summed E-state index contributed by atoms with van der Waals surface area (Å²) in [5.74, 6) is -0.404. The molecule has 1 aliphatic rings. The lowest BCUT2D eigenvalue weighted by Crippen LogP contribution is -2.49. The van der Waals surface area contributed by atoms with Crippen LogP contribution in [0.2, 0.25) is 0 Å². The van der Waals surface area contributed by atoms with Gasteiger partial charge in [-0.3, -0.25) is 19.6 Å². The van der Waals surface area contributed by atoms with E-state index in [0.29, 0.717) is 24.9 Å². The Morgan fingerprint density at radius 3 is 2.39 bits per heavy atom. The lowest BCUT2D eigenvalue weighted by molar-refractivity contribution is -0.385. The summed E-state index contributed by atoms with van der Waals surface area (Å²) in [6, 6.07) is 8.97. The molecule has 0 spiro atoms. The molecular weight excluding hydrogens is 472 g/mol. The first-order valence-corrected chi connectivity index (χ1v) is 13.3. The van der Waals surface area contributed by atoms with E-state index in [4.69, 9.17) is 0 Å². The van der Waals surface area contributed by atoms with Crippen molar-refractivity contribution in [3.8, 4) is 0 Å². The molecule has 0 aromatic heterocycles. The Labute approximate surface area is 192 Å². The Bertz CT molecular complexity index is 1280. The minimum Gasteiger partial charge on any atom is -0.348 e. The van der Waals surface area contributed by atoms with Gasteiger partial charge in [-0.2, -0.15) is 0 Å². The van der Waals surface area contributed by atoms with Gasteiger partial charge in [0.05, 0.1) is 16.1 Å². The number of aryl methyl sites for hydroxylation is 1. The smallest absolute Gasteiger partial charge is 0.273 e. The number of carbonyl (C=O) groups excluding carboxylic acids is 1. The average molecular weight is 497 g/mol. The zero-order chi connectivity index (χ0) is 24.4. The fourth-order valence-electron chi connectivity index (χ4n) is 3.49. The van der Waals surface area contributed by atoms with Crippen LogP contribution >= 0.6 is 0 Å². The van der Waals surface area contributed by atoms with Crippen molar-refractivity contribution in [3.63, 3.8) is 0 Å². The van der Waals surface area contributed by atoms with Gasteiger partial charge in [0.1, 0.15) is 0 Å². The summed E-state index contributed by atoms with van der Waals surface area (Å²) in [5, 5.41) is 13.9. The molecule has 0 bridgehead atoms. The van der Waals surface area contributed by atoms with Gasteiger partial charge in [0.2, 0.25) is 10.0 Å². The van der Waals surface area contributed by atoms with Crippen LogP contribution in [0.3, 0.4) is 0 Å². The van der Waals surface area contributed by atoms with Crippen LogP contribution in [-0.4, -0.2) is 57.4 Å². The quantitative estimate of drug-likeness (QED) is 0.438. The number of carbonyl (C=O) groups is 1. The second kappa shape index (κ2) is 9.45. The Kier molecular flexibility index (Phi) is 7.05. The number of amides is 1. The van der Waals surface area contributed by atoms with E-state index >= 15 is 0 Å². The van der Waals surface area contributed by atoms with Crippen LogP contribution in [-0.2, 0) is 20.0 Å². The standard InChI is InChI=1S/C20H24N4O7S2/c1-14-5-10-18(12-19(14)24(26)27)33(30,31)22-16-8-6-15(7-9-16)20(25)21-17-4-3-11-23(13-17)32(2,28)29/h5-10,12,17,22H,3-4,11,13H2,1-2H3,(H,21,25). The number of piperidine rings is 1. The van der Waals surface area contributed by atoms with Gasteiger partial charge in [-0.05, 0) is 50.1 Å². The lowest BCUT2D eigenvalue weighted by Gasteiger charge is -2.31. The van der Waals surface area contributed by atoms with Crippen molar-refractivity contribution in [1.82, 2.24) is 9.62 Å². The zero-order valence-electron chi connectivity index (χ0n) is 18.0. The normalized spacial score (nSPS) is 17.3. The molecule has 13 heteroatoms. The molecule has 11 nitrogen and oxygen atoms in total. The summed E-state index contributed by atoms with van der Waals surface area (Å²) in [7, 11) is -7.42. The number of benzene rings is 2. The number of hydrogen-bond donors (Lipinski definition) is 2. The van der Waals surface area contributed by atoms with Gasteiger partial charge in [0, 0.05) is 42.0 Å². The second-order valence-electron chi connectivity index (χ2n) is 7.82. The summed E-state index contributed by atoms with van der Waals surface area (Å²) in [5.41, 5.74) is 0.491. The molecule has 2 aromatic carbocycles. The van der Waals surface area contributed by atoms with Crippen molar-refractivity contribution in [1.29, 1.82) is 0 Å².